The van der Waals surface area contributed by atoms with E-state index in [0.29, 0.717) is 5.06 Å². The Morgan fingerprint density at radius 2 is 1.79 bits per heavy atom. The molecule has 1 aliphatic rings. The number of hydrogen-bond donors (Lipinski definition) is 0. The van der Waals surface area contributed by atoms with E-state index in [0.717, 1.165) is 0 Å². The monoisotopic (exact) mass is 311 g/mol. The molecule has 6 heteroatoms. The first-order valence-electron chi connectivity index (χ1n) is 4.09. The predicted molar refractivity (Wildman–Crippen MR) is 55.3 cm³/mol. The standard InChI is InChI=1S/C8H10INO4/c1-8(2,7(9)13)14-10-5(11)3-4-6(10)12/h3-4H2,1-2H3. The van der Waals surface area contributed by atoms with Gasteiger partial charge in [0.25, 0.3) is 11.8 Å². The van der Waals surface area contributed by atoms with Gasteiger partial charge >= 0.3 is 0 Å². The number of hydroxylamine groups is 2. The molecule has 1 saturated heterocycles. The van der Waals surface area contributed by atoms with E-state index in [4.69, 9.17) is 4.84 Å². The van der Waals surface area contributed by atoms with E-state index in [2.05, 4.69) is 0 Å². The smallest absolute Gasteiger partial charge is 0.254 e. The highest BCUT2D eigenvalue weighted by molar-refractivity contribution is 14.1. The lowest BCUT2D eigenvalue weighted by molar-refractivity contribution is -0.217. The maximum atomic E-state index is 11.2. The summed E-state index contributed by atoms with van der Waals surface area (Å²) in [5, 5.41) is 0.691. The summed E-state index contributed by atoms with van der Waals surface area (Å²) in [4.78, 5) is 38.4. The van der Waals surface area contributed by atoms with Crippen LogP contribution in [0.1, 0.15) is 26.7 Å². The average molecular weight is 311 g/mol. The van der Waals surface area contributed by atoms with Crippen LogP contribution in [0.2, 0.25) is 0 Å². The van der Waals surface area contributed by atoms with E-state index in [9.17, 15) is 14.4 Å². The fraction of sp³-hybridized carbons (Fsp3) is 0.625. The molecule has 2 amide bonds. The van der Waals surface area contributed by atoms with Crippen LogP contribution in [0.15, 0.2) is 0 Å². The molecule has 0 bridgehead atoms. The topological polar surface area (TPSA) is 63.7 Å². The number of rotatable bonds is 3. The normalized spacial score (nSPS) is 17.8. The Kier molecular flexibility index (Phi) is 3.25. The first kappa shape index (κ1) is 11.6. The van der Waals surface area contributed by atoms with E-state index >= 15 is 0 Å². The van der Waals surface area contributed by atoms with Crippen molar-refractivity contribution in [2.45, 2.75) is 32.3 Å². The fourth-order valence-corrected chi connectivity index (χ4v) is 1.02. The van der Waals surface area contributed by atoms with Crippen LogP contribution in [0, 0.1) is 0 Å². The Balaban J connectivity index is 2.73. The maximum absolute atomic E-state index is 11.2. The van der Waals surface area contributed by atoms with Gasteiger partial charge in [0, 0.05) is 35.4 Å². The lowest BCUT2D eigenvalue weighted by Crippen LogP contribution is -2.42. The molecular weight excluding hydrogens is 301 g/mol. The van der Waals surface area contributed by atoms with E-state index < -0.39 is 5.60 Å². The zero-order valence-corrected chi connectivity index (χ0v) is 10.0. The lowest BCUT2D eigenvalue weighted by atomic mass is 10.2. The number of hydrogen-bond acceptors (Lipinski definition) is 4. The summed E-state index contributed by atoms with van der Waals surface area (Å²) in [5.74, 6) is -0.776. The average Bonchev–Trinajstić information content (AvgIpc) is 2.35. The highest BCUT2D eigenvalue weighted by Crippen LogP contribution is 2.21. The summed E-state index contributed by atoms with van der Waals surface area (Å²) in [6, 6.07) is 0. The first-order chi connectivity index (χ1) is 6.34. The van der Waals surface area contributed by atoms with Gasteiger partial charge in [0.1, 0.15) is 0 Å². The molecule has 0 aliphatic carbocycles. The van der Waals surface area contributed by atoms with Crippen molar-refractivity contribution < 1.29 is 19.2 Å². The summed E-state index contributed by atoms with van der Waals surface area (Å²) >= 11 is 1.57. The third-order valence-corrected chi connectivity index (χ3v) is 3.10. The number of carbonyl (C=O) groups excluding carboxylic acids is 3. The van der Waals surface area contributed by atoms with E-state index in [-0.39, 0.29) is 28.4 Å². The third-order valence-electron chi connectivity index (χ3n) is 1.80. The third kappa shape index (κ3) is 2.30. The molecule has 0 atom stereocenters. The Morgan fingerprint density at radius 3 is 2.14 bits per heavy atom. The Hall–Kier alpha value is -0.500. The summed E-state index contributed by atoms with van der Waals surface area (Å²) in [5.41, 5.74) is -1.14. The number of carbonyl (C=O) groups is 3. The fourth-order valence-electron chi connectivity index (χ4n) is 0.922. The van der Waals surface area contributed by atoms with Gasteiger partial charge < -0.3 is 0 Å². The zero-order chi connectivity index (χ0) is 10.9. The summed E-state index contributed by atoms with van der Waals surface area (Å²) in [7, 11) is 0. The van der Waals surface area contributed by atoms with Gasteiger partial charge in [0.05, 0.1) is 0 Å². The van der Waals surface area contributed by atoms with Crippen molar-refractivity contribution in [3.63, 3.8) is 0 Å². The first-order valence-corrected chi connectivity index (χ1v) is 5.17. The van der Waals surface area contributed by atoms with Gasteiger partial charge in [-0.3, -0.25) is 14.4 Å². The van der Waals surface area contributed by atoms with Crippen LogP contribution in [-0.2, 0) is 19.2 Å². The second kappa shape index (κ2) is 3.93. The molecule has 5 nitrogen and oxygen atoms in total. The zero-order valence-electron chi connectivity index (χ0n) is 7.87. The Morgan fingerprint density at radius 1 is 1.36 bits per heavy atom. The van der Waals surface area contributed by atoms with Crippen LogP contribution in [-0.4, -0.2) is 26.3 Å². The van der Waals surface area contributed by atoms with E-state index in [1.165, 1.54) is 13.8 Å². The molecule has 1 rings (SSSR count). The van der Waals surface area contributed by atoms with E-state index in [1.54, 1.807) is 22.6 Å². The van der Waals surface area contributed by atoms with Crippen LogP contribution < -0.4 is 0 Å². The molecular formula is C8H10INO4. The molecule has 0 radical (unpaired) electrons. The van der Waals surface area contributed by atoms with Crippen molar-refractivity contribution in [2.24, 2.45) is 0 Å². The van der Waals surface area contributed by atoms with Crippen molar-refractivity contribution in [1.29, 1.82) is 0 Å². The van der Waals surface area contributed by atoms with Gasteiger partial charge in [0.15, 0.2) is 5.60 Å². The molecule has 0 spiro atoms. The van der Waals surface area contributed by atoms with Gasteiger partial charge in [-0.15, -0.1) is 0 Å². The van der Waals surface area contributed by atoms with Crippen molar-refractivity contribution in [3.8, 4) is 0 Å². The molecule has 0 unspecified atom stereocenters. The summed E-state index contributed by atoms with van der Waals surface area (Å²) in [6.07, 6.45) is 0.314. The van der Waals surface area contributed by atoms with Crippen molar-refractivity contribution in [3.05, 3.63) is 0 Å². The second-order valence-corrected chi connectivity index (χ2v) is 4.44. The molecule has 0 aromatic carbocycles. The SMILES string of the molecule is CC(C)(ON1C(=O)CCC1=O)C(=O)I. The predicted octanol–water partition coefficient (Wildman–Crippen LogP) is 0.807. The van der Waals surface area contributed by atoms with Gasteiger partial charge in [0.2, 0.25) is 3.79 Å². The van der Waals surface area contributed by atoms with E-state index in [1.807, 2.05) is 0 Å². The van der Waals surface area contributed by atoms with Gasteiger partial charge in [-0.25, -0.2) is 4.84 Å². The minimum absolute atomic E-state index is 0.157. The number of amides is 2. The molecule has 0 aromatic heterocycles. The van der Waals surface area contributed by atoms with Crippen LogP contribution in [0.4, 0.5) is 0 Å². The molecule has 1 fully saturated rings. The van der Waals surface area contributed by atoms with Crippen LogP contribution in [0.5, 0.6) is 0 Å². The number of imide groups is 1. The summed E-state index contributed by atoms with van der Waals surface area (Å²) in [6.45, 7) is 3.03. The molecule has 14 heavy (non-hydrogen) atoms. The molecule has 1 heterocycles. The van der Waals surface area contributed by atoms with Crippen molar-refractivity contribution >= 4 is 38.2 Å². The molecule has 1 aliphatic heterocycles. The largest absolute Gasteiger partial charge is 0.284 e. The van der Waals surface area contributed by atoms with Crippen LogP contribution in [0.3, 0.4) is 0 Å². The van der Waals surface area contributed by atoms with Crippen molar-refractivity contribution in [2.75, 3.05) is 0 Å². The van der Waals surface area contributed by atoms with Gasteiger partial charge in [-0.1, -0.05) is 0 Å². The van der Waals surface area contributed by atoms with Crippen LogP contribution in [0.25, 0.3) is 0 Å². The highest BCUT2D eigenvalue weighted by Gasteiger charge is 2.38. The number of nitrogens with zero attached hydrogens (tertiary/aromatic N) is 1. The second-order valence-electron chi connectivity index (χ2n) is 3.46. The number of halogens is 1. The molecule has 0 saturated carbocycles. The lowest BCUT2D eigenvalue weighted by Gasteiger charge is -2.25. The Bertz CT molecular complexity index is 284. The Labute approximate surface area is 94.9 Å². The highest BCUT2D eigenvalue weighted by atomic mass is 127. The molecule has 0 aromatic rings. The van der Waals surface area contributed by atoms with Crippen LogP contribution >= 0.6 is 22.6 Å². The molecule has 0 N–H and O–H groups in total. The molecule has 78 valence electrons. The quantitative estimate of drug-likeness (QED) is 0.439. The van der Waals surface area contributed by atoms with Crippen molar-refractivity contribution in [1.82, 2.24) is 5.06 Å². The maximum Gasteiger partial charge on any atom is 0.254 e. The minimum atomic E-state index is -1.14. The van der Waals surface area contributed by atoms with Gasteiger partial charge in [-0.05, 0) is 13.8 Å². The summed E-state index contributed by atoms with van der Waals surface area (Å²) < 4.78 is -0.261. The van der Waals surface area contributed by atoms with Gasteiger partial charge in [-0.2, -0.15) is 5.06 Å². The minimum Gasteiger partial charge on any atom is -0.284 e.